The third-order valence-corrected chi connectivity index (χ3v) is 5.98. The molecule has 0 unspecified atom stereocenters. The molecule has 1 aliphatic heterocycles. The zero-order valence-electron chi connectivity index (χ0n) is 15.0. The molecule has 0 radical (unpaired) electrons. The van der Waals surface area contributed by atoms with E-state index in [-0.39, 0.29) is 0 Å². The minimum Gasteiger partial charge on any atom is -0.619 e. The van der Waals surface area contributed by atoms with E-state index in [0.717, 1.165) is 61.0 Å². The van der Waals surface area contributed by atoms with Crippen LogP contribution in [-0.4, -0.2) is 37.0 Å². The summed E-state index contributed by atoms with van der Waals surface area (Å²) in [6.45, 7) is 8.51. The Hall–Kier alpha value is -1.56. The molecular weight excluding hydrogens is 332 g/mol. The van der Waals surface area contributed by atoms with E-state index in [9.17, 15) is 5.21 Å². The van der Waals surface area contributed by atoms with Gasteiger partial charge < -0.3 is 9.94 Å². The first-order chi connectivity index (χ1) is 12.1. The molecule has 25 heavy (non-hydrogen) atoms. The molecule has 0 atom stereocenters. The molecule has 1 aliphatic rings. The van der Waals surface area contributed by atoms with Crippen molar-refractivity contribution in [2.24, 2.45) is 0 Å². The molecule has 2 heterocycles. The van der Waals surface area contributed by atoms with Crippen LogP contribution in [0.4, 0.5) is 0 Å². The Morgan fingerprint density at radius 1 is 1.16 bits per heavy atom. The minimum absolute atomic E-state index is 0.736. The van der Waals surface area contributed by atoms with Crippen LogP contribution in [0.1, 0.15) is 22.4 Å². The molecule has 1 aromatic heterocycles. The molecule has 0 spiro atoms. The topological polar surface area (TPSA) is 39.4 Å². The molecule has 2 aromatic rings. The first-order valence-electron chi connectivity index (χ1n) is 8.84. The van der Waals surface area contributed by atoms with Crippen LogP contribution in [0.5, 0.6) is 0 Å². The van der Waals surface area contributed by atoms with Gasteiger partial charge in [0.2, 0.25) is 0 Å². The lowest BCUT2D eigenvalue weighted by atomic mass is 10.0. The molecule has 5 heteroatoms. The third-order valence-electron chi connectivity index (χ3n) is 4.85. The number of hydrogen-bond donors (Lipinski definition) is 0. The maximum atomic E-state index is 11.5. The van der Waals surface area contributed by atoms with E-state index in [0.29, 0.717) is 0 Å². The summed E-state index contributed by atoms with van der Waals surface area (Å²) in [7, 11) is 0. The first kappa shape index (κ1) is 18.2. The predicted molar refractivity (Wildman–Crippen MR) is 102 cm³/mol. The van der Waals surface area contributed by atoms with Crippen LogP contribution in [-0.2, 0) is 17.7 Å². The van der Waals surface area contributed by atoms with E-state index in [4.69, 9.17) is 4.74 Å². The first-order valence-corrected chi connectivity index (χ1v) is 9.83. The van der Waals surface area contributed by atoms with Crippen LogP contribution in [0.2, 0.25) is 0 Å². The van der Waals surface area contributed by atoms with Gasteiger partial charge in [0.15, 0.2) is 11.9 Å². The maximum Gasteiger partial charge on any atom is 0.193 e. The Kier molecular flexibility index (Phi) is 6.34. The average molecular weight is 359 g/mol. The molecule has 0 saturated carbocycles. The molecule has 0 amide bonds. The van der Waals surface area contributed by atoms with E-state index in [1.165, 1.54) is 16.0 Å². The largest absolute Gasteiger partial charge is 0.619 e. The molecule has 0 saturated heterocycles. The number of benzene rings is 1. The highest BCUT2D eigenvalue weighted by Crippen LogP contribution is 2.22. The van der Waals surface area contributed by atoms with E-state index in [2.05, 4.69) is 29.2 Å². The molecule has 3 rings (SSSR count). The van der Waals surface area contributed by atoms with Gasteiger partial charge in [-0.1, -0.05) is 24.3 Å². The van der Waals surface area contributed by atoms with E-state index in [1.807, 2.05) is 19.9 Å². The normalized spacial score (nSPS) is 14.5. The Bertz CT molecular complexity index is 721. The van der Waals surface area contributed by atoms with Crippen molar-refractivity contribution in [3.63, 3.8) is 0 Å². The summed E-state index contributed by atoms with van der Waals surface area (Å²) in [6, 6.07) is 10.6. The number of thioether (sulfide) groups is 1. The molecular formula is C20H26N2O2S. The molecule has 134 valence electrons. The lowest BCUT2D eigenvalue weighted by molar-refractivity contribution is -0.613. The number of nitrogens with zero attached hydrogens (tertiary/aromatic N) is 2. The number of pyridine rings is 1. The summed E-state index contributed by atoms with van der Waals surface area (Å²) in [5.74, 6) is 0.909. The Morgan fingerprint density at radius 3 is 2.80 bits per heavy atom. The highest BCUT2D eigenvalue weighted by atomic mass is 32.2. The number of aromatic nitrogens is 1. The molecule has 0 bridgehead atoms. The number of fused-ring (bicyclic) bond motifs is 1. The van der Waals surface area contributed by atoms with Crippen molar-refractivity contribution in [2.45, 2.75) is 31.7 Å². The van der Waals surface area contributed by atoms with Gasteiger partial charge in [-0.3, -0.25) is 4.90 Å². The van der Waals surface area contributed by atoms with Crippen molar-refractivity contribution >= 4 is 11.8 Å². The van der Waals surface area contributed by atoms with Gasteiger partial charge in [-0.05, 0) is 24.5 Å². The fourth-order valence-electron chi connectivity index (χ4n) is 3.12. The summed E-state index contributed by atoms with van der Waals surface area (Å²) in [4.78, 5) is 3.63. The lowest BCUT2D eigenvalue weighted by Gasteiger charge is -2.28. The second kappa shape index (κ2) is 8.70. The Morgan fingerprint density at radius 2 is 1.96 bits per heavy atom. The van der Waals surface area contributed by atoms with Crippen LogP contribution < -0.4 is 4.73 Å². The Labute approximate surface area is 154 Å². The number of rotatable bonds is 7. The SMILES string of the molecule is Cc1c(SCCOCCN2CCc3ccccc3C2)cc[n+]([O-])c1C. The van der Waals surface area contributed by atoms with E-state index >= 15 is 0 Å². The van der Waals surface area contributed by atoms with Gasteiger partial charge in [-0.15, -0.1) is 11.8 Å². The van der Waals surface area contributed by atoms with Gasteiger partial charge >= 0.3 is 0 Å². The van der Waals surface area contributed by atoms with Crippen molar-refractivity contribution in [3.05, 3.63) is 64.1 Å². The standard InChI is InChI=1S/C20H26N2O2S/c1-16-17(2)22(23)10-8-20(16)25-14-13-24-12-11-21-9-7-18-5-3-4-6-19(18)15-21/h3-6,8,10H,7,9,11-15H2,1-2H3. The van der Waals surface area contributed by atoms with Gasteiger partial charge in [0, 0.05) is 48.8 Å². The summed E-state index contributed by atoms with van der Waals surface area (Å²) in [5.41, 5.74) is 4.78. The molecule has 0 aliphatic carbocycles. The summed E-state index contributed by atoms with van der Waals surface area (Å²) < 4.78 is 6.73. The van der Waals surface area contributed by atoms with Crippen molar-refractivity contribution in [1.82, 2.24) is 4.90 Å². The second-order valence-electron chi connectivity index (χ2n) is 6.47. The summed E-state index contributed by atoms with van der Waals surface area (Å²) in [5, 5.41) is 11.5. The molecule has 0 fully saturated rings. The highest BCUT2D eigenvalue weighted by Gasteiger charge is 2.15. The van der Waals surface area contributed by atoms with Gasteiger partial charge in [-0.2, -0.15) is 4.73 Å². The van der Waals surface area contributed by atoms with Crippen molar-refractivity contribution < 1.29 is 9.47 Å². The Balaban J connectivity index is 1.34. The third kappa shape index (κ3) is 4.75. The van der Waals surface area contributed by atoms with Crippen molar-refractivity contribution in [3.8, 4) is 0 Å². The number of ether oxygens (including phenoxy) is 1. The quantitative estimate of drug-likeness (QED) is 0.330. The smallest absolute Gasteiger partial charge is 0.193 e. The van der Waals surface area contributed by atoms with Gasteiger partial charge in [-0.25, -0.2) is 0 Å². The van der Waals surface area contributed by atoms with Gasteiger partial charge in [0.1, 0.15) is 0 Å². The number of hydrogen-bond acceptors (Lipinski definition) is 4. The van der Waals surface area contributed by atoms with Gasteiger partial charge in [0.25, 0.3) is 0 Å². The van der Waals surface area contributed by atoms with Crippen LogP contribution in [0.3, 0.4) is 0 Å². The fraction of sp³-hybridized carbons (Fsp3) is 0.450. The van der Waals surface area contributed by atoms with Crippen LogP contribution >= 0.6 is 11.8 Å². The lowest BCUT2D eigenvalue weighted by Crippen LogP contribution is -2.33. The molecule has 1 aromatic carbocycles. The fourth-order valence-corrected chi connectivity index (χ4v) is 4.07. The highest BCUT2D eigenvalue weighted by molar-refractivity contribution is 7.99. The van der Waals surface area contributed by atoms with Crippen LogP contribution in [0.15, 0.2) is 41.4 Å². The maximum absolute atomic E-state index is 11.5. The molecule has 0 N–H and O–H groups in total. The molecule has 4 nitrogen and oxygen atoms in total. The van der Waals surface area contributed by atoms with E-state index in [1.54, 1.807) is 18.0 Å². The van der Waals surface area contributed by atoms with E-state index < -0.39 is 0 Å². The van der Waals surface area contributed by atoms with Crippen molar-refractivity contribution in [2.75, 3.05) is 32.1 Å². The average Bonchev–Trinajstić information content (AvgIpc) is 2.64. The van der Waals surface area contributed by atoms with Crippen LogP contribution in [0.25, 0.3) is 0 Å². The minimum atomic E-state index is 0.736. The monoisotopic (exact) mass is 358 g/mol. The summed E-state index contributed by atoms with van der Waals surface area (Å²) >= 11 is 1.76. The van der Waals surface area contributed by atoms with Crippen LogP contribution in [0, 0.1) is 19.1 Å². The summed E-state index contributed by atoms with van der Waals surface area (Å²) in [6.07, 6.45) is 2.72. The van der Waals surface area contributed by atoms with Crippen molar-refractivity contribution in [1.29, 1.82) is 0 Å². The van der Waals surface area contributed by atoms with Gasteiger partial charge in [0.05, 0.1) is 13.2 Å². The predicted octanol–water partition coefficient (Wildman–Crippen LogP) is 3.10. The zero-order valence-corrected chi connectivity index (χ0v) is 15.8. The zero-order chi connectivity index (χ0) is 17.6. The second-order valence-corrected chi connectivity index (χ2v) is 7.61.